The van der Waals surface area contributed by atoms with Gasteiger partial charge in [-0.1, -0.05) is 0 Å². The molecule has 1 N–H and O–H groups in total. The van der Waals surface area contributed by atoms with Crippen molar-refractivity contribution in [1.82, 2.24) is 4.90 Å². The van der Waals surface area contributed by atoms with Crippen molar-refractivity contribution in [2.75, 3.05) is 25.0 Å². The number of likely N-dealkylation sites (N-methyl/N-ethyl adjacent to an activating group) is 1. The molecule has 1 aromatic rings. The third kappa shape index (κ3) is 3.82. The standard InChI is InChI=1S/C16H21FN2O2/c1-11-9-19(10-12(2)18(11)3)15-7-13(4-5-16(20)21)6-14(17)8-15/h4-8,11-12H,9-10H2,1-3H3,(H,20,21)/b5-4+. The summed E-state index contributed by atoms with van der Waals surface area (Å²) in [6, 6.07) is 5.44. The Hall–Kier alpha value is -1.88. The molecule has 0 spiro atoms. The lowest BCUT2D eigenvalue weighted by molar-refractivity contribution is -0.131. The normalized spacial score (nSPS) is 23.7. The quantitative estimate of drug-likeness (QED) is 0.869. The van der Waals surface area contributed by atoms with Gasteiger partial charge in [0.1, 0.15) is 5.82 Å². The van der Waals surface area contributed by atoms with Crippen molar-refractivity contribution in [1.29, 1.82) is 0 Å². The van der Waals surface area contributed by atoms with E-state index < -0.39 is 5.97 Å². The van der Waals surface area contributed by atoms with Crippen LogP contribution in [0.1, 0.15) is 19.4 Å². The molecule has 2 unspecified atom stereocenters. The average molecular weight is 292 g/mol. The molecular formula is C16H21FN2O2. The summed E-state index contributed by atoms with van der Waals surface area (Å²) in [6.07, 6.45) is 2.44. The first-order valence-electron chi connectivity index (χ1n) is 7.05. The fourth-order valence-electron chi connectivity index (χ4n) is 2.66. The molecule has 114 valence electrons. The number of halogens is 1. The number of carbonyl (C=O) groups is 1. The number of hydrogen-bond donors (Lipinski definition) is 1. The molecule has 0 aromatic heterocycles. The van der Waals surface area contributed by atoms with Crippen LogP contribution >= 0.6 is 0 Å². The van der Waals surface area contributed by atoms with E-state index in [2.05, 4.69) is 30.7 Å². The number of carboxylic acid groups (broad SMARTS) is 1. The van der Waals surface area contributed by atoms with Crippen LogP contribution in [0.15, 0.2) is 24.3 Å². The van der Waals surface area contributed by atoms with Gasteiger partial charge in [-0.3, -0.25) is 4.90 Å². The first-order valence-corrected chi connectivity index (χ1v) is 7.05. The zero-order chi connectivity index (χ0) is 15.6. The lowest BCUT2D eigenvalue weighted by Gasteiger charge is -2.43. The molecule has 0 aliphatic carbocycles. The van der Waals surface area contributed by atoms with Gasteiger partial charge in [0.05, 0.1) is 0 Å². The van der Waals surface area contributed by atoms with Crippen molar-refractivity contribution in [3.63, 3.8) is 0 Å². The second kappa shape index (κ2) is 6.26. The molecule has 5 heteroatoms. The number of anilines is 1. The predicted octanol–water partition coefficient (Wildman–Crippen LogP) is 2.45. The summed E-state index contributed by atoms with van der Waals surface area (Å²) >= 11 is 0. The summed E-state index contributed by atoms with van der Waals surface area (Å²) in [4.78, 5) is 15.0. The lowest BCUT2D eigenvalue weighted by atomic mass is 10.1. The molecule has 2 rings (SSSR count). The molecule has 1 aromatic carbocycles. The molecule has 1 aliphatic rings. The Labute approximate surface area is 124 Å². The van der Waals surface area contributed by atoms with Gasteiger partial charge >= 0.3 is 5.97 Å². The van der Waals surface area contributed by atoms with Crippen molar-refractivity contribution in [2.24, 2.45) is 0 Å². The van der Waals surface area contributed by atoms with E-state index in [0.29, 0.717) is 17.6 Å². The second-order valence-corrected chi connectivity index (χ2v) is 5.68. The zero-order valence-electron chi connectivity index (χ0n) is 12.6. The first kappa shape index (κ1) is 15.5. The van der Waals surface area contributed by atoms with Crippen molar-refractivity contribution >= 4 is 17.7 Å². The average Bonchev–Trinajstić information content (AvgIpc) is 2.41. The maximum absolute atomic E-state index is 13.8. The molecular weight excluding hydrogens is 271 g/mol. The highest BCUT2D eigenvalue weighted by molar-refractivity contribution is 5.85. The predicted molar refractivity (Wildman–Crippen MR) is 82.0 cm³/mol. The molecule has 0 amide bonds. The monoisotopic (exact) mass is 292 g/mol. The minimum Gasteiger partial charge on any atom is -0.478 e. The van der Waals surface area contributed by atoms with E-state index in [4.69, 9.17) is 5.11 Å². The summed E-state index contributed by atoms with van der Waals surface area (Å²) in [6.45, 7) is 5.94. The van der Waals surface area contributed by atoms with Crippen LogP contribution in [0.2, 0.25) is 0 Å². The van der Waals surface area contributed by atoms with Gasteiger partial charge in [0.25, 0.3) is 0 Å². The molecule has 1 fully saturated rings. The number of benzene rings is 1. The molecule has 0 radical (unpaired) electrons. The van der Waals surface area contributed by atoms with E-state index in [0.717, 1.165) is 24.9 Å². The molecule has 21 heavy (non-hydrogen) atoms. The maximum Gasteiger partial charge on any atom is 0.328 e. The molecule has 0 bridgehead atoms. The highest BCUT2D eigenvalue weighted by Gasteiger charge is 2.26. The zero-order valence-corrected chi connectivity index (χ0v) is 12.6. The van der Waals surface area contributed by atoms with Gasteiger partial charge in [-0.25, -0.2) is 9.18 Å². The summed E-state index contributed by atoms with van der Waals surface area (Å²) in [7, 11) is 2.10. The number of piperazine rings is 1. The summed E-state index contributed by atoms with van der Waals surface area (Å²) < 4.78 is 13.8. The third-order valence-corrected chi connectivity index (χ3v) is 4.05. The van der Waals surface area contributed by atoms with E-state index >= 15 is 0 Å². The molecule has 1 heterocycles. The van der Waals surface area contributed by atoms with E-state index in [1.165, 1.54) is 18.2 Å². The highest BCUT2D eigenvalue weighted by atomic mass is 19.1. The van der Waals surface area contributed by atoms with Gasteiger partial charge in [0.15, 0.2) is 0 Å². The Balaban J connectivity index is 2.25. The lowest BCUT2D eigenvalue weighted by Crippen LogP contribution is -2.55. The van der Waals surface area contributed by atoms with Crippen molar-refractivity contribution in [3.8, 4) is 0 Å². The number of nitrogens with zero attached hydrogens (tertiary/aromatic N) is 2. The summed E-state index contributed by atoms with van der Waals surface area (Å²) in [5, 5.41) is 8.66. The fraction of sp³-hybridized carbons (Fsp3) is 0.438. The van der Waals surface area contributed by atoms with Crippen LogP contribution in [0.5, 0.6) is 0 Å². The Morgan fingerprint density at radius 2 is 1.90 bits per heavy atom. The largest absolute Gasteiger partial charge is 0.478 e. The van der Waals surface area contributed by atoms with Gasteiger partial charge < -0.3 is 10.0 Å². The Morgan fingerprint density at radius 1 is 1.29 bits per heavy atom. The minimum absolute atomic E-state index is 0.350. The smallest absolute Gasteiger partial charge is 0.328 e. The number of rotatable bonds is 3. The van der Waals surface area contributed by atoms with Gasteiger partial charge in [0, 0.05) is 36.9 Å². The van der Waals surface area contributed by atoms with Crippen LogP contribution in [0, 0.1) is 5.82 Å². The van der Waals surface area contributed by atoms with E-state index in [9.17, 15) is 9.18 Å². The first-order chi connectivity index (χ1) is 9.86. The molecule has 0 saturated carbocycles. The molecule has 2 atom stereocenters. The maximum atomic E-state index is 13.8. The summed E-state index contributed by atoms with van der Waals surface area (Å²) in [5.41, 5.74) is 1.36. The minimum atomic E-state index is -1.04. The molecule has 4 nitrogen and oxygen atoms in total. The number of aliphatic carboxylic acids is 1. The Morgan fingerprint density at radius 3 is 2.48 bits per heavy atom. The third-order valence-electron chi connectivity index (χ3n) is 4.05. The van der Waals surface area contributed by atoms with E-state index in [1.807, 2.05) is 6.07 Å². The fourth-order valence-corrected chi connectivity index (χ4v) is 2.66. The van der Waals surface area contributed by atoms with Crippen LogP contribution < -0.4 is 4.90 Å². The van der Waals surface area contributed by atoms with Crippen LogP contribution in [-0.4, -0.2) is 48.2 Å². The topological polar surface area (TPSA) is 43.8 Å². The Kier molecular flexibility index (Phi) is 4.63. The van der Waals surface area contributed by atoms with Crippen LogP contribution in [0.25, 0.3) is 6.08 Å². The summed E-state index contributed by atoms with van der Waals surface area (Å²) in [5.74, 6) is -1.39. The van der Waals surface area contributed by atoms with Gasteiger partial charge in [0.2, 0.25) is 0 Å². The van der Waals surface area contributed by atoms with Gasteiger partial charge in [-0.15, -0.1) is 0 Å². The van der Waals surface area contributed by atoms with Crippen LogP contribution in [0.3, 0.4) is 0 Å². The number of hydrogen-bond acceptors (Lipinski definition) is 3. The number of carboxylic acids is 1. The second-order valence-electron chi connectivity index (χ2n) is 5.68. The molecule has 1 aliphatic heterocycles. The van der Waals surface area contributed by atoms with E-state index in [1.54, 1.807) is 0 Å². The van der Waals surface area contributed by atoms with Crippen molar-refractivity contribution in [2.45, 2.75) is 25.9 Å². The molecule has 1 saturated heterocycles. The van der Waals surface area contributed by atoms with Gasteiger partial charge in [-0.05, 0) is 50.7 Å². The highest BCUT2D eigenvalue weighted by Crippen LogP contribution is 2.24. The van der Waals surface area contributed by atoms with Crippen molar-refractivity contribution < 1.29 is 14.3 Å². The van der Waals surface area contributed by atoms with E-state index in [-0.39, 0.29) is 5.82 Å². The SMILES string of the molecule is CC1CN(c2cc(F)cc(/C=C/C(=O)O)c2)CC(C)N1C. The van der Waals surface area contributed by atoms with Crippen LogP contribution in [0.4, 0.5) is 10.1 Å². The Bertz CT molecular complexity index is 547. The van der Waals surface area contributed by atoms with Crippen molar-refractivity contribution in [3.05, 3.63) is 35.7 Å². The van der Waals surface area contributed by atoms with Gasteiger partial charge in [-0.2, -0.15) is 0 Å². The van der Waals surface area contributed by atoms with Crippen LogP contribution in [-0.2, 0) is 4.79 Å².